The Morgan fingerprint density at radius 1 is 1.11 bits per heavy atom. The molecule has 138 valence electrons. The van der Waals surface area contributed by atoms with Gasteiger partial charge in [-0.25, -0.2) is 0 Å². The second-order valence-corrected chi connectivity index (χ2v) is 7.99. The van der Waals surface area contributed by atoms with Crippen molar-refractivity contribution in [1.29, 1.82) is 0 Å². The standard InChI is InChI=1S/C23H24N2OS/c1-4-15-9-10-19-21(18-11-12-27-22(18)23(26)25-19)20(15)17-7-5-16(6-8-17)14(2)13-24-3/h5-12,14,24H,4,13H2,1-3H3,(H,25,26)/t14-/m0/s1. The third-order valence-corrected chi connectivity index (χ3v) is 6.25. The van der Waals surface area contributed by atoms with E-state index in [1.807, 2.05) is 18.5 Å². The van der Waals surface area contributed by atoms with E-state index in [1.165, 1.54) is 33.6 Å². The van der Waals surface area contributed by atoms with E-state index in [0.29, 0.717) is 5.92 Å². The lowest BCUT2D eigenvalue weighted by Crippen LogP contribution is -2.14. The van der Waals surface area contributed by atoms with Crippen LogP contribution in [0.4, 0.5) is 0 Å². The molecule has 2 aromatic carbocycles. The summed E-state index contributed by atoms with van der Waals surface area (Å²) in [5.74, 6) is 0.474. The monoisotopic (exact) mass is 376 g/mol. The molecular formula is C23H24N2OS. The van der Waals surface area contributed by atoms with Crippen molar-refractivity contribution in [3.63, 3.8) is 0 Å². The molecular weight excluding hydrogens is 352 g/mol. The lowest BCUT2D eigenvalue weighted by atomic mass is 9.90. The molecule has 0 unspecified atom stereocenters. The van der Waals surface area contributed by atoms with Crippen molar-refractivity contribution in [3.8, 4) is 11.1 Å². The van der Waals surface area contributed by atoms with E-state index in [2.05, 4.69) is 60.5 Å². The summed E-state index contributed by atoms with van der Waals surface area (Å²) in [5.41, 5.74) is 5.99. The molecule has 4 aromatic rings. The van der Waals surface area contributed by atoms with Crippen molar-refractivity contribution in [3.05, 3.63) is 69.3 Å². The number of rotatable bonds is 5. The minimum Gasteiger partial charge on any atom is -0.321 e. The molecule has 1 atom stereocenters. The summed E-state index contributed by atoms with van der Waals surface area (Å²) in [7, 11) is 1.99. The molecule has 0 saturated heterocycles. The van der Waals surface area contributed by atoms with Crippen LogP contribution in [-0.2, 0) is 6.42 Å². The molecule has 2 N–H and O–H groups in total. The summed E-state index contributed by atoms with van der Waals surface area (Å²) < 4.78 is 0.802. The zero-order valence-corrected chi connectivity index (χ0v) is 16.7. The SMILES string of the molecule is CCc1ccc2[nH]c(=O)c3sccc3c2c1-c1ccc([C@@H](C)CNC)cc1. The number of H-pyrrole nitrogens is 1. The van der Waals surface area contributed by atoms with Crippen molar-refractivity contribution in [2.75, 3.05) is 13.6 Å². The Hall–Kier alpha value is -2.43. The van der Waals surface area contributed by atoms with Gasteiger partial charge in [0.25, 0.3) is 5.56 Å². The van der Waals surface area contributed by atoms with Crippen molar-refractivity contribution in [1.82, 2.24) is 10.3 Å². The van der Waals surface area contributed by atoms with Crippen LogP contribution in [0.3, 0.4) is 0 Å². The van der Waals surface area contributed by atoms with Gasteiger partial charge in [-0.05, 0) is 59.2 Å². The van der Waals surface area contributed by atoms with Crippen molar-refractivity contribution in [2.45, 2.75) is 26.2 Å². The van der Waals surface area contributed by atoms with Crippen LogP contribution in [0.1, 0.15) is 30.9 Å². The number of thiophene rings is 1. The molecule has 4 rings (SSSR count). The number of likely N-dealkylation sites (N-methyl/N-ethyl adjacent to an activating group) is 1. The van der Waals surface area contributed by atoms with E-state index in [1.54, 1.807) is 0 Å². The molecule has 0 aliphatic rings. The largest absolute Gasteiger partial charge is 0.321 e. The topological polar surface area (TPSA) is 44.9 Å². The van der Waals surface area contributed by atoms with Gasteiger partial charge >= 0.3 is 0 Å². The number of aromatic nitrogens is 1. The minimum atomic E-state index is -0.000984. The van der Waals surface area contributed by atoms with Gasteiger partial charge in [-0.15, -0.1) is 11.3 Å². The first-order valence-corrected chi connectivity index (χ1v) is 10.3. The van der Waals surface area contributed by atoms with Gasteiger partial charge in [0, 0.05) is 22.8 Å². The Bertz CT molecular complexity index is 1150. The highest BCUT2D eigenvalue weighted by Crippen LogP contribution is 2.37. The smallest absolute Gasteiger partial charge is 0.266 e. The first kappa shape index (κ1) is 18.0. The van der Waals surface area contributed by atoms with E-state index < -0.39 is 0 Å². The number of hydrogen-bond donors (Lipinski definition) is 2. The number of aromatic amines is 1. The summed E-state index contributed by atoms with van der Waals surface area (Å²) in [6.45, 7) is 5.38. The summed E-state index contributed by atoms with van der Waals surface area (Å²) in [4.78, 5) is 15.5. The molecule has 0 aliphatic carbocycles. The van der Waals surface area contributed by atoms with Crippen LogP contribution in [0.25, 0.3) is 32.1 Å². The van der Waals surface area contributed by atoms with Gasteiger partial charge in [-0.1, -0.05) is 44.2 Å². The maximum atomic E-state index is 12.4. The molecule has 0 bridgehead atoms. The zero-order chi connectivity index (χ0) is 19.0. The van der Waals surface area contributed by atoms with Gasteiger partial charge in [-0.3, -0.25) is 4.79 Å². The van der Waals surface area contributed by atoms with Crippen molar-refractivity contribution >= 4 is 32.3 Å². The van der Waals surface area contributed by atoms with Gasteiger partial charge in [0.1, 0.15) is 4.70 Å². The zero-order valence-electron chi connectivity index (χ0n) is 15.9. The van der Waals surface area contributed by atoms with E-state index in [-0.39, 0.29) is 5.56 Å². The molecule has 0 saturated carbocycles. The lowest BCUT2D eigenvalue weighted by molar-refractivity contribution is 0.678. The second-order valence-electron chi connectivity index (χ2n) is 7.07. The summed E-state index contributed by atoms with van der Waals surface area (Å²) in [5, 5.41) is 7.46. The third kappa shape index (κ3) is 3.09. The number of benzene rings is 2. The molecule has 3 nitrogen and oxygen atoms in total. The summed E-state index contributed by atoms with van der Waals surface area (Å²) >= 11 is 1.51. The Morgan fingerprint density at radius 2 is 1.89 bits per heavy atom. The summed E-state index contributed by atoms with van der Waals surface area (Å²) in [6.07, 6.45) is 0.952. The van der Waals surface area contributed by atoms with Crippen molar-refractivity contribution in [2.24, 2.45) is 0 Å². The van der Waals surface area contributed by atoms with E-state index >= 15 is 0 Å². The second kappa shape index (κ2) is 7.29. The average Bonchev–Trinajstić information content (AvgIpc) is 3.18. The minimum absolute atomic E-state index is 0.000984. The molecule has 2 aromatic heterocycles. The number of fused-ring (bicyclic) bond motifs is 3. The van der Waals surface area contributed by atoms with Gasteiger partial charge in [0.05, 0.1) is 0 Å². The lowest BCUT2D eigenvalue weighted by Gasteiger charge is -2.15. The Balaban J connectivity index is 1.97. The molecule has 0 amide bonds. The van der Waals surface area contributed by atoms with Crippen LogP contribution in [-0.4, -0.2) is 18.6 Å². The van der Waals surface area contributed by atoms with Crippen LogP contribution in [0.5, 0.6) is 0 Å². The number of hydrogen-bond acceptors (Lipinski definition) is 3. The molecule has 0 spiro atoms. The highest BCUT2D eigenvalue weighted by molar-refractivity contribution is 7.17. The maximum absolute atomic E-state index is 12.4. The van der Waals surface area contributed by atoms with Crippen LogP contribution >= 0.6 is 11.3 Å². The van der Waals surface area contributed by atoms with Gasteiger partial charge < -0.3 is 10.3 Å². The first-order chi connectivity index (χ1) is 13.1. The molecule has 4 heteroatoms. The van der Waals surface area contributed by atoms with E-state index in [0.717, 1.165) is 34.0 Å². The fraction of sp³-hybridized carbons (Fsp3) is 0.261. The first-order valence-electron chi connectivity index (χ1n) is 9.44. The fourth-order valence-electron chi connectivity index (χ4n) is 3.92. The van der Waals surface area contributed by atoms with Gasteiger partial charge in [0.15, 0.2) is 0 Å². The third-order valence-electron chi connectivity index (χ3n) is 5.34. The number of nitrogens with one attached hydrogen (secondary N) is 2. The highest BCUT2D eigenvalue weighted by atomic mass is 32.1. The highest BCUT2D eigenvalue weighted by Gasteiger charge is 2.15. The van der Waals surface area contributed by atoms with Crippen LogP contribution in [0.2, 0.25) is 0 Å². The molecule has 27 heavy (non-hydrogen) atoms. The van der Waals surface area contributed by atoms with Gasteiger partial charge in [-0.2, -0.15) is 0 Å². The molecule has 0 radical (unpaired) electrons. The Morgan fingerprint density at radius 3 is 2.59 bits per heavy atom. The fourth-order valence-corrected chi connectivity index (χ4v) is 4.71. The van der Waals surface area contributed by atoms with Crippen LogP contribution in [0.15, 0.2) is 52.6 Å². The van der Waals surface area contributed by atoms with E-state index in [4.69, 9.17) is 0 Å². The van der Waals surface area contributed by atoms with Gasteiger partial charge in [0.2, 0.25) is 0 Å². The van der Waals surface area contributed by atoms with Crippen molar-refractivity contribution < 1.29 is 0 Å². The van der Waals surface area contributed by atoms with Crippen LogP contribution < -0.4 is 10.9 Å². The average molecular weight is 377 g/mol. The normalized spacial score (nSPS) is 12.7. The molecule has 0 aliphatic heterocycles. The van der Waals surface area contributed by atoms with Crippen LogP contribution in [0, 0.1) is 0 Å². The Labute approximate surface area is 163 Å². The Kier molecular flexibility index (Phi) is 4.85. The summed E-state index contributed by atoms with van der Waals surface area (Å²) in [6, 6.07) is 15.2. The maximum Gasteiger partial charge on any atom is 0.266 e. The number of aryl methyl sites for hydroxylation is 1. The predicted octanol–water partition coefficient (Wildman–Crippen LogP) is 5.30. The molecule has 2 heterocycles. The van der Waals surface area contributed by atoms with E-state index in [9.17, 15) is 4.79 Å². The molecule has 0 fully saturated rings. The quantitative estimate of drug-likeness (QED) is 0.497. The number of pyridine rings is 1. The predicted molar refractivity (Wildman–Crippen MR) is 117 cm³/mol.